The van der Waals surface area contributed by atoms with Crippen molar-refractivity contribution in [2.24, 2.45) is 17.8 Å². The first-order chi connectivity index (χ1) is 5.68. The van der Waals surface area contributed by atoms with Crippen LogP contribution in [-0.4, -0.2) is 16.9 Å². The number of carboxylic acid groups (broad SMARTS) is 1. The molecule has 0 saturated heterocycles. The Morgan fingerprint density at radius 2 is 2.25 bits per heavy atom. The maximum Gasteiger partial charge on any atom is 0.303 e. The van der Waals surface area contributed by atoms with E-state index in [0.717, 1.165) is 12.8 Å². The monoisotopic (exact) mass is 168 g/mol. The number of carbonyl (C=O) groups is 2. The average Bonchev–Trinajstić information content (AvgIpc) is 2.44. The minimum absolute atomic E-state index is 0.0890. The van der Waals surface area contributed by atoms with E-state index in [1.165, 1.54) is 0 Å². The van der Waals surface area contributed by atoms with Crippen LogP contribution in [0.25, 0.3) is 0 Å². The van der Waals surface area contributed by atoms with Gasteiger partial charge in [0.15, 0.2) is 0 Å². The van der Waals surface area contributed by atoms with Crippen LogP contribution in [0.3, 0.4) is 0 Å². The molecule has 0 spiro atoms. The van der Waals surface area contributed by atoms with Crippen LogP contribution >= 0.6 is 0 Å². The zero-order valence-electron chi connectivity index (χ0n) is 6.82. The number of rotatable bonds is 2. The highest BCUT2D eigenvalue weighted by atomic mass is 16.4. The van der Waals surface area contributed by atoms with Crippen molar-refractivity contribution in [3.8, 4) is 0 Å². The number of ketones is 1. The molecule has 2 saturated carbocycles. The summed E-state index contributed by atoms with van der Waals surface area (Å²) < 4.78 is 0. The number of carbonyl (C=O) groups excluding carboxylic acids is 1. The highest BCUT2D eigenvalue weighted by Gasteiger charge is 2.47. The zero-order chi connectivity index (χ0) is 8.72. The lowest BCUT2D eigenvalue weighted by Gasteiger charge is -2.09. The van der Waals surface area contributed by atoms with Crippen molar-refractivity contribution >= 4 is 11.8 Å². The molecule has 3 nitrogen and oxygen atoms in total. The molecule has 2 fully saturated rings. The summed E-state index contributed by atoms with van der Waals surface area (Å²) >= 11 is 0. The number of fused-ring (bicyclic) bond motifs is 2. The summed E-state index contributed by atoms with van der Waals surface area (Å²) in [6, 6.07) is 0. The topological polar surface area (TPSA) is 54.4 Å². The van der Waals surface area contributed by atoms with Crippen molar-refractivity contribution in [3.05, 3.63) is 0 Å². The number of hydrogen-bond acceptors (Lipinski definition) is 2. The second kappa shape index (κ2) is 2.57. The van der Waals surface area contributed by atoms with Gasteiger partial charge in [-0.2, -0.15) is 0 Å². The molecule has 3 atom stereocenters. The Hall–Kier alpha value is -0.860. The fourth-order valence-electron chi connectivity index (χ4n) is 2.72. The van der Waals surface area contributed by atoms with E-state index >= 15 is 0 Å². The number of Topliss-reactive ketones (excluding diaryl/α,β-unsaturated/α-hetero) is 1. The van der Waals surface area contributed by atoms with Crippen LogP contribution < -0.4 is 0 Å². The molecule has 0 aromatic heterocycles. The van der Waals surface area contributed by atoms with Crippen molar-refractivity contribution in [3.63, 3.8) is 0 Å². The van der Waals surface area contributed by atoms with Crippen LogP contribution in [0.1, 0.15) is 25.7 Å². The second-order valence-corrected chi connectivity index (χ2v) is 3.88. The van der Waals surface area contributed by atoms with Gasteiger partial charge < -0.3 is 5.11 Å². The van der Waals surface area contributed by atoms with Gasteiger partial charge in [0.05, 0.1) is 0 Å². The van der Waals surface area contributed by atoms with E-state index in [1.54, 1.807) is 0 Å². The third kappa shape index (κ3) is 1.04. The molecule has 0 amide bonds. The number of carboxylic acids is 1. The fourth-order valence-corrected chi connectivity index (χ4v) is 2.72. The van der Waals surface area contributed by atoms with Crippen molar-refractivity contribution < 1.29 is 14.7 Å². The Morgan fingerprint density at radius 1 is 1.50 bits per heavy atom. The molecule has 0 aromatic rings. The van der Waals surface area contributed by atoms with E-state index in [0.29, 0.717) is 18.1 Å². The summed E-state index contributed by atoms with van der Waals surface area (Å²) in [7, 11) is 0. The molecule has 0 aliphatic heterocycles. The SMILES string of the molecule is O=C(O)C[C@H]1C2CCC1C(=O)C2. The third-order valence-corrected chi connectivity index (χ3v) is 3.26. The molecule has 2 aliphatic carbocycles. The van der Waals surface area contributed by atoms with Gasteiger partial charge in [0.25, 0.3) is 0 Å². The maximum atomic E-state index is 11.2. The molecular formula is C9H12O3. The van der Waals surface area contributed by atoms with Crippen LogP contribution in [0.4, 0.5) is 0 Å². The van der Waals surface area contributed by atoms with E-state index in [2.05, 4.69) is 0 Å². The standard InChI is InChI=1S/C9H12O3/c10-8-3-5-1-2-6(8)7(5)4-9(11)12/h5-7H,1-4H2,(H,11,12)/t5?,6?,7-/m0/s1. The van der Waals surface area contributed by atoms with Crippen LogP contribution in [0, 0.1) is 17.8 Å². The summed E-state index contributed by atoms with van der Waals surface area (Å²) in [5, 5.41) is 8.61. The van der Waals surface area contributed by atoms with E-state index in [4.69, 9.17) is 5.11 Å². The van der Waals surface area contributed by atoms with Crippen molar-refractivity contribution in [2.75, 3.05) is 0 Å². The van der Waals surface area contributed by atoms with Gasteiger partial charge in [-0.25, -0.2) is 0 Å². The van der Waals surface area contributed by atoms with Crippen molar-refractivity contribution in [1.82, 2.24) is 0 Å². The Morgan fingerprint density at radius 3 is 2.67 bits per heavy atom. The number of hydrogen-bond donors (Lipinski definition) is 1. The zero-order valence-corrected chi connectivity index (χ0v) is 6.82. The normalized spacial score (nSPS) is 39.0. The van der Waals surface area contributed by atoms with E-state index in [9.17, 15) is 9.59 Å². The molecule has 2 aliphatic rings. The number of aliphatic carboxylic acids is 1. The Labute approximate surface area is 70.8 Å². The summed E-state index contributed by atoms with van der Waals surface area (Å²) in [5.41, 5.74) is 0. The molecule has 66 valence electrons. The summed E-state index contributed by atoms with van der Waals surface area (Å²) in [5.74, 6) is 0.184. The van der Waals surface area contributed by atoms with E-state index < -0.39 is 5.97 Å². The molecule has 1 N–H and O–H groups in total. The predicted molar refractivity (Wildman–Crippen MR) is 41.6 cm³/mol. The lowest BCUT2D eigenvalue weighted by Crippen LogP contribution is -2.14. The summed E-state index contributed by atoms with van der Waals surface area (Å²) in [4.78, 5) is 21.7. The van der Waals surface area contributed by atoms with Gasteiger partial charge in [0.1, 0.15) is 5.78 Å². The summed E-state index contributed by atoms with van der Waals surface area (Å²) in [6.45, 7) is 0. The summed E-state index contributed by atoms with van der Waals surface area (Å²) in [6.07, 6.45) is 2.83. The first kappa shape index (κ1) is 7.77. The van der Waals surface area contributed by atoms with E-state index in [-0.39, 0.29) is 18.3 Å². The maximum absolute atomic E-state index is 11.2. The molecule has 0 aromatic carbocycles. The van der Waals surface area contributed by atoms with Gasteiger partial charge in [0, 0.05) is 18.8 Å². The Kier molecular flexibility index (Phi) is 1.67. The molecule has 3 heteroatoms. The Balaban J connectivity index is 2.08. The highest BCUT2D eigenvalue weighted by molar-refractivity contribution is 5.85. The molecule has 2 unspecified atom stereocenters. The minimum atomic E-state index is -0.758. The van der Waals surface area contributed by atoms with E-state index in [1.807, 2.05) is 0 Å². The van der Waals surface area contributed by atoms with Gasteiger partial charge in [0.2, 0.25) is 0 Å². The van der Waals surface area contributed by atoms with Gasteiger partial charge in [-0.3, -0.25) is 9.59 Å². The van der Waals surface area contributed by atoms with Crippen LogP contribution in [0.5, 0.6) is 0 Å². The quantitative estimate of drug-likeness (QED) is 0.671. The molecule has 2 bridgehead atoms. The van der Waals surface area contributed by atoms with Crippen LogP contribution in [0.15, 0.2) is 0 Å². The van der Waals surface area contributed by atoms with Gasteiger partial charge in [-0.1, -0.05) is 0 Å². The molecule has 0 heterocycles. The second-order valence-electron chi connectivity index (χ2n) is 3.88. The van der Waals surface area contributed by atoms with Crippen LogP contribution in [0.2, 0.25) is 0 Å². The van der Waals surface area contributed by atoms with Gasteiger partial charge >= 0.3 is 5.97 Å². The lowest BCUT2D eigenvalue weighted by atomic mass is 9.94. The average molecular weight is 168 g/mol. The van der Waals surface area contributed by atoms with Crippen LogP contribution in [-0.2, 0) is 9.59 Å². The van der Waals surface area contributed by atoms with Gasteiger partial charge in [-0.05, 0) is 24.7 Å². The molecule has 12 heavy (non-hydrogen) atoms. The largest absolute Gasteiger partial charge is 0.481 e. The first-order valence-corrected chi connectivity index (χ1v) is 4.43. The molecular weight excluding hydrogens is 156 g/mol. The molecule has 0 radical (unpaired) electrons. The minimum Gasteiger partial charge on any atom is -0.481 e. The van der Waals surface area contributed by atoms with Gasteiger partial charge in [-0.15, -0.1) is 0 Å². The van der Waals surface area contributed by atoms with Crippen molar-refractivity contribution in [2.45, 2.75) is 25.7 Å². The first-order valence-electron chi connectivity index (χ1n) is 4.43. The third-order valence-electron chi connectivity index (χ3n) is 3.26. The van der Waals surface area contributed by atoms with Crippen molar-refractivity contribution in [1.29, 1.82) is 0 Å². The molecule has 2 rings (SSSR count). The Bertz CT molecular complexity index is 234. The highest BCUT2D eigenvalue weighted by Crippen LogP contribution is 2.48. The smallest absolute Gasteiger partial charge is 0.303 e. The predicted octanol–water partition coefficient (Wildman–Crippen LogP) is 1.08. The fraction of sp³-hybridized carbons (Fsp3) is 0.778. The lowest BCUT2D eigenvalue weighted by molar-refractivity contribution is -0.138.